The van der Waals surface area contributed by atoms with Crippen molar-refractivity contribution in [3.63, 3.8) is 0 Å². The SMILES string of the molecule is C=C1C(=O)O[C@@H]2[C@H]1[C@H]1O[C@H]1[C@H](C)[C@@](O)(C(=O)/C=C/C)[C@H]2OC(=O)/C(C)=C\C. The van der Waals surface area contributed by atoms with Gasteiger partial charge in [0, 0.05) is 17.1 Å². The van der Waals surface area contributed by atoms with Gasteiger partial charge in [-0.25, -0.2) is 9.59 Å². The van der Waals surface area contributed by atoms with E-state index in [4.69, 9.17) is 14.2 Å². The Bertz CT molecular complexity index is 764. The smallest absolute Gasteiger partial charge is 0.334 e. The maximum atomic E-state index is 12.9. The van der Waals surface area contributed by atoms with Crippen LogP contribution in [-0.2, 0) is 28.6 Å². The molecule has 7 atom stereocenters. The molecule has 7 heteroatoms. The molecule has 146 valence electrons. The fourth-order valence-corrected chi connectivity index (χ4v) is 3.96. The molecule has 0 aromatic carbocycles. The van der Waals surface area contributed by atoms with Crippen LogP contribution in [0.1, 0.15) is 27.7 Å². The molecular formula is C20H24O7. The van der Waals surface area contributed by atoms with Gasteiger partial charge < -0.3 is 19.3 Å². The second kappa shape index (κ2) is 6.73. The molecule has 0 aromatic heterocycles. The molecule has 0 spiro atoms. The number of aliphatic hydroxyl groups is 1. The zero-order chi connectivity index (χ0) is 20.1. The monoisotopic (exact) mass is 376 g/mol. The molecule has 0 radical (unpaired) electrons. The molecule has 1 aliphatic carbocycles. The van der Waals surface area contributed by atoms with Gasteiger partial charge in [-0.15, -0.1) is 0 Å². The maximum absolute atomic E-state index is 12.9. The number of fused-ring (bicyclic) bond motifs is 3. The van der Waals surface area contributed by atoms with E-state index in [-0.39, 0.29) is 5.57 Å². The Kier molecular flexibility index (Phi) is 4.86. The van der Waals surface area contributed by atoms with E-state index in [9.17, 15) is 19.5 Å². The molecule has 2 saturated heterocycles. The zero-order valence-electron chi connectivity index (χ0n) is 15.8. The molecule has 0 bridgehead atoms. The quantitative estimate of drug-likeness (QED) is 0.448. The predicted octanol–water partition coefficient (Wildman–Crippen LogP) is 1.26. The van der Waals surface area contributed by atoms with Crippen molar-refractivity contribution < 1.29 is 33.7 Å². The van der Waals surface area contributed by atoms with Crippen LogP contribution in [0.3, 0.4) is 0 Å². The zero-order valence-corrected chi connectivity index (χ0v) is 15.8. The molecule has 0 aromatic rings. The van der Waals surface area contributed by atoms with Crippen LogP contribution in [0.15, 0.2) is 36.0 Å². The van der Waals surface area contributed by atoms with Gasteiger partial charge in [0.15, 0.2) is 23.6 Å². The summed E-state index contributed by atoms with van der Waals surface area (Å²) in [7, 11) is 0. The van der Waals surface area contributed by atoms with Crippen LogP contribution in [0.2, 0.25) is 0 Å². The van der Waals surface area contributed by atoms with Crippen LogP contribution in [-0.4, -0.2) is 52.8 Å². The molecule has 0 unspecified atom stereocenters. The summed E-state index contributed by atoms with van der Waals surface area (Å²) < 4.78 is 16.6. The largest absolute Gasteiger partial charge is 0.454 e. The number of hydrogen-bond donors (Lipinski definition) is 1. The average Bonchev–Trinajstić information content (AvgIpc) is 3.37. The molecular weight excluding hydrogens is 352 g/mol. The van der Waals surface area contributed by atoms with Crippen molar-refractivity contribution in [3.8, 4) is 0 Å². The van der Waals surface area contributed by atoms with Gasteiger partial charge in [-0.2, -0.15) is 0 Å². The van der Waals surface area contributed by atoms with Gasteiger partial charge in [0.25, 0.3) is 0 Å². The standard InChI is InChI=1S/C20H24O7/c1-6-8-12(21)20(24)11(5)14-15(25-14)13-10(4)19(23)26-16(13)17(20)27-18(22)9(3)7-2/h6-8,11,13-17,24H,4H2,1-3,5H3/b8-6+,9-7-/t11-,13+,14-,15+,16+,17-,20+/m0/s1. The Labute approximate surface area is 157 Å². The first-order chi connectivity index (χ1) is 12.7. The number of allylic oxidation sites excluding steroid dienone is 2. The second-order valence-electron chi connectivity index (χ2n) is 7.26. The van der Waals surface area contributed by atoms with Crippen LogP contribution in [0.25, 0.3) is 0 Å². The lowest BCUT2D eigenvalue weighted by Gasteiger charge is -2.39. The lowest BCUT2D eigenvalue weighted by atomic mass is 9.77. The molecule has 1 saturated carbocycles. The topological polar surface area (TPSA) is 102 Å². The Morgan fingerprint density at radius 3 is 2.52 bits per heavy atom. The molecule has 3 aliphatic rings. The maximum Gasteiger partial charge on any atom is 0.334 e. The highest BCUT2D eigenvalue weighted by molar-refractivity contribution is 5.99. The third-order valence-electron chi connectivity index (χ3n) is 5.80. The van der Waals surface area contributed by atoms with E-state index in [0.29, 0.717) is 5.57 Å². The van der Waals surface area contributed by atoms with Crippen LogP contribution in [0.5, 0.6) is 0 Å². The van der Waals surface area contributed by atoms with E-state index in [1.807, 2.05) is 0 Å². The van der Waals surface area contributed by atoms with Crippen molar-refractivity contribution in [1.29, 1.82) is 0 Å². The molecule has 27 heavy (non-hydrogen) atoms. The number of ketones is 1. The number of carbonyl (C=O) groups excluding carboxylic acids is 3. The summed E-state index contributed by atoms with van der Waals surface area (Å²) >= 11 is 0. The molecule has 1 N–H and O–H groups in total. The van der Waals surface area contributed by atoms with Crippen LogP contribution >= 0.6 is 0 Å². The van der Waals surface area contributed by atoms with Gasteiger partial charge >= 0.3 is 11.9 Å². The molecule has 3 fully saturated rings. The molecule has 7 nitrogen and oxygen atoms in total. The van der Waals surface area contributed by atoms with E-state index < -0.39 is 59.6 Å². The number of esters is 2. The number of epoxide rings is 1. The van der Waals surface area contributed by atoms with Crippen LogP contribution < -0.4 is 0 Å². The van der Waals surface area contributed by atoms with Gasteiger partial charge in [0.1, 0.15) is 0 Å². The molecule has 2 heterocycles. The van der Waals surface area contributed by atoms with Gasteiger partial charge in [-0.1, -0.05) is 25.7 Å². The summed E-state index contributed by atoms with van der Waals surface area (Å²) in [6, 6.07) is 0. The van der Waals surface area contributed by atoms with E-state index in [2.05, 4.69) is 6.58 Å². The van der Waals surface area contributed by atoms with Crippen molar-refractivity contribution in [2.24, 2.45) is 11.8 Å². The minimum Gasteiger partial charge on any atom is -0.454 e. The highest BCUT2D eigenvalue weighted by Gasteiger charge is 2.70. The Morgan fingerprint density at radius 2 is 1.93 bits per heavy atom. The van der Waals surface area contributed by atoms with Gasteiger partial charge in [-0.3, -0.25) is 4.79 Å². The van der Waals surface area contributed by atoms with Crippen molar-refractivity contribution in [2.45, 2.75) is 57.7 Å². The first-order valence-corrected chi connectivity index (χ1v) is 8.97. The van der Waals surface area contributed by atoms with E-state index in [1.54, 1.807) is 33.8 Å². The molecule has 3 rings (SSSR count). The Hall–Kier alpha value is -2.25. The predicted molar refractivity (Wildman–Crippen MR) is 94.4 cm³/mol. The normalized spacial score (nSPS) is 40.9. The summed E-state index contributed by atoms with van der Waals surface area (Å²) in [4.78, 5) is 37.4. The third kappa shape index (κ3) is 2.85. The van der Waals surface area contributed by atoms with E-state index in [0.717, 1.165) is 0 Å². The minimum absolute atomic E-state index is 0.200. The Morgan fingerprint density at radius 1 is 1.26 bits per heavy atom. The summed E-state index contributed by atoms with van der Waals surface area (Å²) in [6.07, 6.45) is 0.989. The van der Waals surface area contributed by atoms with Crippen molar-refractivity contribution in [1.82, 2.24) is 0 Å². The van der Waals surface area contributed by atoms with Crippen molar-refractivity contribution in [3.05, 3.63) is 36.0 Å². The van der Waals surface area contributed by atoms with Gasteiger partial charge in [-0.05, 0) is 26.8 Å². The highest BCUT2D eigenvalue weighted by atomic mass is 16.6. The first-order valence-electron chi connectivity index (χ1n) is 8.97. The minimum atomic E-state index is -2.10. The van der Waals surface area contributed by atoms with E-state index >= 15 is 0 Å². The summed E-state index contributed by atoms with van der Waals surface area (Å²) in [5, 5.41) is 11.5. The average molecular weight is 376 g/mol. The fraction of sp³-hybridized carbons (Fsp3) is 0.550. The fourth-order valence-electron chi connectivity index (χ4n) is 3.96. The van der Waals surface area contributed by atoms with E-state index in [1.165, 1.54) is 12.2 Å². The summed E-state index contributed by atoms with van der Waals surface area (Å²) in [5.41, 5.74) is -1.58. The number of hydrogen-bond acceptors (Lipinski definition) is 7. The number of carbonyl (C=O) groups is 3. The molecule has 2 aliphatic heterocycles. The van der Waals surface area contributed by atoms with Crippen molar-refractivity contribution >= 4 is 17.7 Å². The van der Waals surface area contributed by atoms with Crippen molar-refractivity contribution in [2.75, 3.05) is 0 Å². The number of rotatable bonds is 4. The third-order valence-corrected chi connectivity index (χ3v) is 5.80. The van der Waals surface area contributed by atoms with Crippen LogP contribution in [0.4, 0.5) is 0 Å². The lowest BCUT2D eigenvalue weighted by Crippen LogP contribution is -2.60. The molecule has 0 amide bonds. The summed E-state index contributed by atoms with van der Waals surface area (Å²) in [6.45, 7) is 10.3. The van der Waals surface area contributed by atoms with Gasteiger partial charge in [0.05, 0.1) is 18.1 Å². The van der Waals surface area contributed by atoms with Gasteiger partial charge in [0.2, 0.25) is 0 Å². The second-order valence-corrected chi connectivity index (χ2v) is 7.26. The van der Waals surface area contributed by atoms with Crippen LogP contribution in [0, 0.1) is 11.8 Å². The first kappa shape index (κ1) is 19.5. The number of ether oxygens (including phenoxy) is 3. The summed E-state index contributed by atoms with van der Waals surface area (Å²) in [5.74, 6) is -3.21. The highest BCUT2D eigenvalue weighted by Crippen LogP contribution is 2.53. The lowest BCUT2D eigenvalue weighted by molar-refractivity contribution is -0.196. The Balaban J connectivity index is 2.10.